The predicted octanol–water partition coefficient (Wildman–Crippen LogP) is 3.20. The maximum atomic E-state index is 14.1. The first kappa shape index (κ1) is 26.0. The van der Waals surface area contributed by atoms with E-state index >= 15 is 0 Å². The summed E-state index contributed by atoms with van der Waals surface area (Å²) in [6, 6.07) is 15.6. The lowest BCUT2D eigenvalue weighted by Gasteiger charge is -2.20. The highest BCUT2D eigenvalue weighted by atomic mass is 16.2. The van der Waals surface area contributed by atoms with E-state index in [4.69, 9.17) is 4.98 Å². The molecule has 1 saturated heterocycles. The minimum absolute atomic E-state index is 0.0982. The molecule has 2 amide bonds. The van der Waals surface area contributed by atoms with Crippen LogP contribution in [0, 0.1) is 18.8 Å². The Balaban J connectivity index is 1.42. The lowest BCUT2D eigenvalue weighted by atomic mass is 10.1. The molecule has 0 spiro atoms. The van der Waals surface area contributed by atoms with E-state index in [0.29, 0.717) is 64.4 Å². The molecule has 2 aromatic carbocycles. The van der Waals surface area contributed by atoms with Crippen molar-refractivity contribution in [1.82, 2.24) is 34.4 Å². The highest BCUT2D eigenvalue weighted by Crippen LogP contribution is 2.21. The number of carbonyl (C=O) groups excluding carboxylic acids is 2. The third-order valence-electron chi connectivity index (χ3n) is 7.13. The first-order chi connectivity index (χ1) is 19.9. The van der Waals surface area contributed by atoms with Gasteiger partial charge in [-0.2, -0.15) is 5.10 Å². The zero-order chi connectivity index (χ0) is 28.5. The summed E-state index contributed by atoms with van der Waals surface area (Å²) in [6.45, 7) is 4.55. The Hall–Kier alpha value is -5.30. The molecule has 5 aromatic rings. The second-order valence-electron chi connectivity index (χ2n) is 9.91. The number of nitrogens with zero attached hydrogens (tertiary/aromatic N) is 6. The van der Waals surface area contributed by atoms with Gasteiger partial charge in [0.1, 0.15) is 11.4 Å². The van der Waals surface area contributed by atoms with E-state index in [-0.39, 0.29) is 17.4 Å². The molecule has 3 aromatic heterocycles. The molecule has 0 radical (unpaired) electrons. The van der Waals surface area contributed by atoms with E-state index in [9.17, 15) is 14.4 Å². The van der Waals surface area contributed by atoms with E-state index in [0.717, 1.165) is 6.42 Å². The van der Waals surface area contributed by atoms with Crippen molar-refractivity contribution < 1.29 is 9.59 Å². The summed E-state index contributed by atoms with van der Waals surface area (Å²) in [7, 11) is 0. The third-order valence-corrected chi connectivity index (χ3v) is 7.13. The number of hydrogen-bond acceptors (Lipinski definition) is 6. The number of rotatable bonds is 5. The maximum Gasteiger partial charge on any atom is 0.267 e. The molecule has 1 N–H and O–H groups in total. The fourth-order valence-electron chi connectivity index (χ4n) is 5.17. The Morgan fingerprint density at radius 2 is 1.93 bits per heavy atom. The van der Waals surface area contributed by atoms with Gasteiger partial charge in [0, 0.05) is 30.9 Å². The largest absolute Gasteiger partial charge is 0.342 e. The van der Waals surface area contributed by atoms with Crippen LogP contribution in [0.2, 0.25) is 0 Å². The van der Waals surface area contributed by atoms with Crippen molar-refractivity contribution in [3.63, 3.8) is 0 Å². The molecule has 6 rings (SSSR count). The zero-order valence-electron chi connectivity index (χ0n) is 22.7. The molecule has 10 heteroatoms. The molecule has 204 valence electrons. The number of hydrogen-bond donors (Lipinski definition) is 1. The van der Waals surface area contributed by atoms with E-state index in [1.807, 2.05) is 30.3 Å². The maximum absolute atomic E-state index is 14.1. The second kappa shape index (κ2) is 10.7. The van der Waals surface area contributed by atoms with E-state index in [2.05, 4.69) is 27.2 Å². The van der Waals surface area contributed by atoms with Gasteiger partial charge in [-0.1, -0.05) is 36.1 Å². The number of carbonyl (C=O) groups is 2. The Morgan fingerprint density at radius 1 is 1.10 bits per heavy atom. The van der Waals surface area contributed by atoms with E-state index in [1.165, 1.54) is 4.57 Å². The van der Waals surface area contributed by atoms with Crippen molar-refractivity contribution in [2.75, 3.05) is 13.1 Å². The summed E-state index contributed by atoms with van der Waals surface area (Å²) in [5, 5.41) is 7.76. The number of benzene rings is 2. The third kappa shape index (κ3) is 4.82. The monoisotopic (exact) mass is 545 g/mol. The average molecular weight is 546 g/mol. The molecule has 41 heavy (non-hydrogen) atoms. The molecule has 10 nitrogen and oxygen atoms in total. The Morgan fingerprint density at radius 3 is 2.71 bits per heavy atom. The van der Waals surface area contributed by atoms with Gasteiger partial charge in [-0.15, -0.1) is 0 Å². The standard InChI is InChI=1S/C31H27N7O3/c1-20-26(29-32-16-9-19-37(29)35-20)30(40)33-21(2)28-34-24-14-6-10-22(11-7-17-36-18-8-15-25(36)39)27(24)31(41)38(28)23-12-4-3-5-13-23/h3-6,9-10,12-14,16,19,21H,8,15,17-18H2,1-2H3,(H,33,40). The molecule has 1 fully saturated rings. The van der Waals surface area contributed by atoms with Gasteiger partial charge in [0.15, 0.2) is 5.65 Å². The molecule has 0 saturated carbocycles. The van der Waals surface area contributed by atoms with Gasteiger partial charge in [-0.05, 0) is 50.6 Å². The SMILES string of the molecule is Cc1nn2cccnc2c1C(=O)NC(C)c1nc2cccc(C#CCN3CCCC3=O)c2c(=O)n1-c1ccccc1. The Kier molecular flexibility index (Phi) is 6.77. The minimum atomic E-state index is -0.645. The van der Waals surface area contributed by atoms with Crippen molar-refractivity contribution in [3.05, 3.63) is 100.0 Å². The minimum Gasteiger partial charge on any atom is -0.342 e. The number of amides is 2. The van der Waals surface area contributed by atoms with Crippen LogP contribution in [0.5, 0.6) is 0 Å². The van der Waals surface area contributed by atoms with Crippen LogP contribution < -0.4 is 10.9 Å². The molecule has 0 bridgehead atoms. The van der Waals surface area contributed by atoms with Gasteiger partial charge in [-0.25, -0.2) is 14.5 Å². The van der Waals surface area contributed by atoms with Crippen LogP contribution in [-0.2, 0) is 4.79 Å². The second-order valence-corrected chi connectivity index (χ2v) is 9.91. The highest BCUT2D eigenvalue weighted by Gasteiger charge is 2.24. The number of fused-ring (bicyclic) bond motifs is 2. The number of likely N-dealkylation sites (tertiary alicyclic amines) is 1. The number of aryl methyl sites for hydroxylation is 1. The van der Waals surface area contributed by atoms with Crippen LogP contribution in [0.4, 0.5) is 0 Å². The van der Waals surface area contributed by atoms with E-state index < -0.39 is 6.04 Å². The van der Waals surface area contributed by atoms with Gasteiger partial charge in [0.25, 0.3) is 11.5 Å². The molecule has 4 heterocycles. The van der Waals surface area contributed by atoms with Gasteiger partial charge in [0.05, 0.1) is 34.9 Å². The molecule has 0 aliphatic carbocycles. The average Bonchev–Trinajstić information content (AvgIpc) is 3.54. The van der Waals surface area contributed by atoms with Gasteiger partial charge < -0.3 is 10.2 Å². The van der Waals surface area contributed by atoms with Crippen LogP contribution in [0.3, 0.4) is 0 Å². The van der Waals surface area contributed by atoms with Gasteiger partial charge in [-0.3, -0.25) is 19.0 Å². The summed E-state index contributed by atoms with van der Waals surface area (Å²) in [5.41, 5.74) is 2.67. The predicted molar refractivity (Wildman–Crippen MR) is 154 cm³/mol. The van der Waals surface area contributed by atoms with Crippen molar-refractivity contribution in [2.45, 2.75) is 32.7 Å². The van der Waals surface area contributed by atoms with Crippen LogP contribution in [0.1, 0.15) is 53.2 Å². The summed E-state index contributed by atoms with van der Waals surface area (Å²) in [6.07, 6.45) is 4.73. The van der Waals surface area contributed by atoms with Crippen molar-refractivity contribution in [3.8, 4) is 17.5 Å². The van der Waals surface area contributed by atoms with E-state index in [1.54, 1.807) is 59.9 Å². The lowest BCUT2D eigenvalue weighted by Crippen LogP contribution is -2.33. The molecule has 1 aliphatic rings. The quantitative estimate of drug-likeness (QED) is 0.339. The van der Waals surface area contributed by atoms with Gasteiger partial charge in [0.2, 0.25) is 5.91 Å². The zero-order valence-corrected chi connectivity index (χ0v) is 22.7. The van der Waals surface area contributed by atoms with Crippen molar-refractivity contribution >= 4 is 28.4 Å². The summed E-state index contributed by atoms with van der Waals surface area (Å²) >= 11 is 0. The Labute approximate surface area is 235 Å². The normalized spacial score (nSPS) is 13.8. The summed E-state index contributed by atoms with van der Waals surface area (Å²) < 4.78 is 3.08. The molecular formula is C31H27N7O3. The topological polar surface area (TPSA) is 114 Å². The van der Waals surface area contributed by atoms with Crippen LogP contribution in [-0.4, -0.2) is 54.0 Å². The molecule has 1 unspecified atom stereocenters. The summed E-state index contributed by atoms with van der Waals surface area (Å²) in [5.74, 6) is 6.26. The van der Waals surface area contributed by atoms with Crippen LogP contribution >= 0.6 is 0 Å². The number of nitrogens with one attached hydrogen (secondary N) is 1. The Bertz CT molecular complexity index is 1930. The fourth-order valence-corrected chi connectivity index (χ4v) is 5.17. The van der Waals surface area contributed by atoms with Gasteiger partial charge >= 0.3 is 0 Å². The highest BCUT2D eigenvalue weighted by molar-refractivity contribution is 6.01. The lowest BCUT2D eigenvalue weighted by molar-refractivity contribution is -0.127. The first-order valence-electron chi connectivity index (χ1n) is 13.4. The number of aromatic nitrogens is 5. The van der Waals surface area contributed by atoms with Crippen molar-refractivity contribution in [2.24, 2.45) is 0 Å². The summed E-state index contributed by atoms with van der Waals surface area (Å²) in [4.78, 5) is 50.5. The smallest absolute Gasteiger partial charge is 0.267 e. The van der Waals surface area contributed by atoms with Crippen LogP contribution in [0.25, 0.3) is 22.2 Å². The molecule has 1 atom stereocenters. The molecular weight excluding hydrogens is 518 g/mol. The van der Waals surface area contributed by atoms with Crippen molar-refractivity contribution in [1.29, 1.82) is 0 Å². The first-order valence-corrected chi connectivity index (χ1v) is 13.4. The number of para-hydroxylation sites is 1. The molecule has 1 aliphatic heterocycles. The fraction of sp³-hybridized carbons (Fsp3) is 0.226. The van der Waals surface area contributed by atoms with Crippen LogP contribution in [0.15, 0.2) is 71.8 Å².